The molecule has 4 nitrogen and oxygen atoms in total. The summed E-state index contributed by atoms with van der Waals surface area (Å²) < 4.78 is 1.85. The highest BCUT2D eigenvalue weighted by Gasteiger charge is 2.14. The Morgan fingerprint density at radius 2 is 1.79 bits per heavy atom. The predicted octanol–water partition coefficient (Wildman–Crippen LogP) is 6.49. The molecule has 0 aliphatic rings. The Kier molecular flexibility index (Phi) is 5.97. The number of hydrogen-bond acceptors (Lipinski definition) is 3. The van der Waals surface area contributed by atoms with Gasteiger partial charge in [0.2, 0.25) is 0 Å². The van der Waals surface area contributed by atoms with Crippen molar-refractivity contribution in [2.24, 2.45) is 16.8 Å². The van der Waals surface area contributed by atoms with Crippen molar-refractivity contribution < 1.29 is 0 Å². The van der Waals surface area contributed by atoms with E-state index in [0.29, 0.717) is 11.8 Å². The van der Waals surface area contributed by atoms with Gasteiger partial charge in [-0.05, 0) is 87.8 Å². The van der Waals surface area contributed by atoms with Crippen molar-refractivity contribution in [3.8, 4) is 11.3 Å². The summed E-state index contributed by atoms with van der Waals surface area (Å²) in [5.41, 5.74) is 8.65. The van der Waals surface area contributed by atoms with Crippen LogP contribution < -0.4 is 0 Å². The molecule has 0 radical (unpaired) electrons. The zero-order chi connectivity index (χ0) is 20.4. The second-order valence-corrected chi connectivity index (χ2v) is 8.35. The Balaban J connectivity index is 1.96. The number of hydrogen-bond donors (Lipinski definition) is 0. The fourth-order valence-electron chi connectivity index (χ4n) is 3.90. The molecule has 0 aliphatic carbocycles. The minimum Gasteiger partial charge on any atom is -0.257 e. The lowest BCUT2D eigenvalue weighted by molar-refractivity contribution is 0.485. The Bertz CT molecular complexity index is 988. The van der Waals surface area contributed by atoms with Crippen LogP contribution in [-0.4, -0.2) is 20.3 Å². The number of nitrogens with zero attached hydrogens (tertiary/aromatic N) is 4. The second-order valence-electron chi connectivity index (χ2n) is 8.35. The van der Waals surface area contributed by atoms with Gasteiger partial charge in [-0.25, -0.2) is 9.50 Å². The van der Waals surface area contributed by atoms with Gasteiger partial charge in [-0.3, -0.25) is 4.99 Å². The zero-order valence-electron chi connectivity index (χ0n) is 18.2. The number of rotatable bonds is 6. The molecular formula is C24H32N4. The minimum absolute atomic E-state index is 0.548. The number of aromatic nitrogens is 3. The smallest absolute Gasteiger partial charge is 0.153 e. The largest absolute Gasteiger partial charge is 0.257 e. The van der Waals surface area contributed by atoms with Crippen LogP contribution in [0.5, 0.6) is 0 Å². The molecule has 3 rings (SSSR count). The molecule has 2 aromatic heterocycles. The van der Waals surface area contributed by atoms with Crippen LogP contribution in [0, 0.1) is 32.6 Å². The van der Waals surface area contributed by atoms with Crippen molar-refractivity contribution in [3.05, 3.63) is 47.3 Å². The molecule has 0 saturated carbocycles. The first kappa shape index (κ1) is 20.2. The van der Waals surface area contributed by atoms with Crippen LogP contribution in [0.3, 0.4) is 0 Å². The summed E-state index contributed by atoms with van der Waals surface area (Å²) in [6, 6.07) is 8.45. The number of aliphatic imine (C=N–C) groups is 1. The van der Waals surface area contributed by atoms with E-state index in [1.807, 2.05) is 29.8 Å². The van der Waals surface area contributed by atoms with E-state index in [9.17, 15) is 0 Å². The van der Waals surface area contributed by atoms with Crippen molar-refractivity contribution in [2.45, 2.75) is 61.3 Å². The first-order valence-corrected chi connectivity index (χ1v) is 10.3. The number of benzene rings is 1. The predicted molar refractivity (Wildman–Crippen MR) is 119 cm³/mol. The minimum atomic E-state index is 0.548. The van der Waals surface area contributed by atoms with Crippen LogP contribution in [0.25, 0.3) is 16.9 Å². The lowest BCUT2D eigenvalue weighted by Gasteiger charge is -2.18. The van der Waals surface area contributed by atoms with E-state index in [2.05, 4.69) is 58.7 Å². The third kappa shape index (κ3) is 4.32. The zero-order valence-corrected chi connectivity index (χ0v) is 18.2. The molecule has 148 valence electrons. The van der Waals surface area contributed by atoms with E-state index >= 15 is 0 Å². The second kappa shape index (κ2) is 8.26. The molecule has 0 bridgehead atoms. The third-order valence-electron chi connectivity index (χ3n) is 5.36. The molecule has 0 saturated heterocycles. The van der Waals surface area contributed by atoms with Gasteiger partial charge in [0.1, 0.15) is 0 Å². The van der Waals surface area contributed by atoms with E-state index in [1.54, 1.807) is 0 Å². The first-order valence-electron chi connectivity index (χ1n) is 10.3. The Labute approximate surface area is 168 Å². The lowest BCUT2D eigenvalue weighted by atomic mass is 9.91. The quantitative estimate of drug-likeness (QED) is 0.462. The first-order chi connectivity index (χ1) is 13.3. The monoisotopic (exact) mass is 376 g/mol. The van der Waals surface area contributed by atoms with Gasteiger partial charge in [-0.2, -0.15) is 5.10 Å². The molecule has 0 aliphatic heterocycles. The number of fused-ring (bicyclic) bond motifs is 1. The van der Waals surface area contributed by atoms with Gasteiger partial charge in [0.15, 0.2) is 5.65 Å². The Morgan fingerprint density at radius 1 is 1.11 bits per heavy atom. The summed E-state index contributed by atoms with van der Waals surface area (Å²) >= 11 is 0. The van der Waals surface area contributed by atoms with Gasteiger partial charge < -0.3 is 0 Å². The SMILES string of the molecule is CCC(CC(C)C)C(C)=Nc1c(C)cc(-c2ccc3nc(C)cn3n2)cc1C. The molecule has 4 heteroatoms. The Hall–Kier alpha value is -2.49. The molecular weight excluding hydrogens is 344 g/mol. The van der Waals surface area contributed by atoms with Gasteiger partial charge in [-0.15, -0.1) is 0 Å². The van der Waals surface area contributed by atoms with E-state index < -0.39 is 0 Å². The molecule has 28 heavy (non-hydrogen) atoms. The number of aryl methyl sites for hydroxylation is 3. The van der Waals surface area contributed by atoms with E-state index in [4.69, 9.17) is 10.1 Å². The molecule has 3 aromatic rings. The van der Waals surface area contributed by atoms with Gasteiger partial charge in [0.25, 0.3) is 0 Å². The fraction of sp³-hybridized carbons (Fsp3) is 0.458. The van der Waals surface area contributed by atoms with Crippen molar-refractivity contribution in [2.75, 3.05) is 0 Å². The van der Waals surface area contributed by atoms with E-state index in [0.717, 1.165) is 34.7 Å². The number of imidazole rings is 1. The molecule has 1 atom stereocenters. The average Bonchev–Trinajstić information content (AvgIpc) is 3.01. The van der Waals surface area contributed by atoms with Gasteiger partial charge in [-0.1, -0.05) is 20.8 Å². The molecule has 2 heterocycles. The summed E-state index contributed by atoms with van der Waals surface area (Å²) in [5.74, 6) is 1.24. The van der Waals surface area contributed by atoms with Crippen LogP contribution in [0.15, 0.2) is 35.5 Å². The van der Waals surface area contributed by atoms with E-state index in [-0.39, 0.29) is 0 Å². The van der Waals surface area contributed by atoms with Crippen LogP contribution in [0.2, 0.25) is 0 Å². The molecule has 1 unspecified atom stereocenters. The van der Waals surface area contributed by atoms with Gasteiger partial charge >= 0.3 is 0 Å². The van der Waals surface area contributed by atoms with Crippen LogP contribution in [0.1, 0.15) is 57.4 Å². The highest BCUT2D eigenvalue weighted by molar-refractivity contribution is 5.88. The molecule has 0 amide bonds. The average molecular weight is 377 g/mol. The van der Waals surface area contributed by atoms with Crippen LogP contribution in [-0.2, 0) is 0 Å². The maximum absolute atomic E-state index is 5.05. The standard InChI is InChI=1S/C24H32N4/c1-8-20(11-15(2)3)19(7)26-24-16(4)12-21(13-17(24)5)22-9-10-23-25-18(6)14-28(23)27-22/h9-10,12-15,20H,8,11H2,1-7H3. The summed E-state index contributed by atoms with van der Waals surface area (Å²) in [7, 11) is 0. The van der Waals surface area contributed by atoms with Crippen molar-refractivity contribution in [1.82, 2.24) is 14.6 Å². The molecule has 0 fully saturated rings. The summed E-state index contributed by atoms with van der Waals surface area (Å²) in [6.45, 7) is 15.3. The maximum atomic E-state index is 5.05. The van der Waals surface area contributed by atoms with Crippen LogP contribution >= 0.6 is 0 Å². The lowest BCUT2D eigenvalue weighted by Crippen LogP contribution is -2.13. The van der Waals surface area contributed by atoms with Crippen LogP contribution in [0.4, 0.5) is 5.69 Å². The fourth-order valence-corrected chi connectivity index (χ4v) is 3.90. The van der Waals surface area contributed by atoms with E-state index in [1.165, 1.54) is 23.3 Å². The normalized spacial score (nSPS) is 13.5. The third-order valence-corrected chi connectivity index (χ3v) is 5.36. The molecule has 1 aromatic carbocycles. The summed E-state index contributed by atoms with van der Waals surface area (Å²) in [6.07, 6.45) is 4.29. The van der Waals surface area contributed by atoms with Crippen molar-refractivity contribution in [1.29, 1.82) is 0 Å². The summed E-state index contributed by atoms with van der Waals surface area (Å²) in [4.78, 5) is 9.51. The van der Waals surface area contributed by atoms with Gasteiger partial charge in [0.05, 0.1) is 23.3 Å². The van der Waals surface area contributed by atoms with Crippen molar-refractivity contribution in [3.63, 3.8) is 0 Å². The highest BCUT2D eigenvalue weighted by atomic mass is 15.2. The molecule has 0 N–H and O–H groups in total. The topological polar surface area (TPSA) is 42.5 Å². The highest BCUT2D eigenvalue weighted by Crippen LogP contribution is 2.31. The maximum Gasteiger partial charge on any atom is 0.153 e. The Morgan fingerprint density at radius 3 is 2.39 bits per heavy atom. The van der Waals surface area contributed by atoms with Gasteiger partial charge in [0, 0.05) is 11.3 Å². The van der Waals surface area contributed by atoms with Crippen molar-refractivity contribution >= 4 is 17.0 Å². The molecule has 0 spiro atoms. The summed E-state index contributed by atoms with van der Waals surface area (Å²) in [5, 5.41) is 4.73.